The van der Waals surface area contributed by atoms with Crippen LogP contribution in [0.15, 0.2) is 57.5 Å². The number of amides is 2. The number of aliphatic carboxylic acids is 1. The van der Waals surface area contributed by atoms with E-state index < -0.39 is 118 Å². The van der Waals surface area contributed by atoms with Crippen LogP contribution in [0.3, 0.4) is 0 Å². The number of aromatic nitrogens is 12. The highest BCUT2D eigenvalue weighted by molar-refractivity contribution is 6.58. The molecule has 35 nitrogen and oxygen atoms in total. The first-order valence-electron chi connectivity index (χ1n) is 29.6. The zero-order valence-electron chi connectivity index (χ0n) is 49.1. The Balaban J connectivity index is 0.000000251. The van der Waals surface area contributed by atoms with Gasteiger partial charge in [-0.05, 0) is 77.0 Å². The molecule has 2 radical (unpaired) electrons. The van der Waals surface area contributed by atoms with E-state index in [1.807, 2.05) is 0 Å². The van der Waals surface area contributed by atoms with Crippen molar-refractivity contribution >= 4 is 31.3 Å². The summed E-state index contributed by atoms with van der Waals surface area (Å²) in [5, 5.41) is 13.9. The topological polar surface area (TPSA) is 402 Å². The van der Waals surface area contributed by atoms with Crippen molar-refractivity contribution in [1.29, 1.82) is 0 Å². The fourth-order valence-corrected chi connectivity index (χ4v) is 10.8. The quantitative estimate of drug-likeness (QED) is 0.0987. The van der Waals surface area contributed by atoms with E-state index in [0.29, 0.717) is 77.0 Å². The van der Waals surface area contributed by atoms with Crippen LogP contribution in [0.25, 0.3) is 0 Å². The lowest BCUT2D eigenvalue weighted by Crippen LogP contribution is -2.56. The fraction of sp³-hybridized carbons (Fsp3) is 0.692. The zero-order chi connectivity index (χ0) is 63.6. The number of carbonyl (C=O) groups excluding carboxylic acids is 3. The maximum atomic E-state index is 13.4. The van der Waals surface area contributed by atoms with Crippen LogP contribution in [0.5, 0.6) is 0 Å². The van der Waals surface area contributed by atoms with Crippen molar-refractivity contribution in [3.8, 4) is 0 Å². The number of nitrogens with zero attached hydrogens (tertiary/aromatic N) is 14. The third-order valence-corrected chi connectivity index (χ3v) is 15.6. The molecule has 3 N–H and O–H groups in total. The standard InChI is InChI=1S/C26H37BN8O9.C26H38N8O10/c27-19(36)17-44-18-20(37)28-7-12-29-13-15-34-23(40)30-8-3-1-4-9-31-22(39)33(26(43)35(16-14-29)24(31)41)11-6-2-5-10-32(21(30)38)25(34)42;35-19(17-44-18-20(36)37)27-7-12-28-13-15-33-23(40)29-8-3-1-4-9-30-22(39)32(26(43)34(16-14-28)24(30)41)11-6-2-5-10-31(21(29)38)25(33)42/h1-18H2,(H,28,37);1-18H2,(H,27,35)(H,36,37). The number of hydrogen-bond donors (Lipinski definition) is 3. The predicted octanol–water partition coefficient (Wildman–Crippen LogP) is -7.90. The summed E-state index contributed by atoms with van der Waals surface area (Å²) in [7, 11) is 5.00. The molecule has 0 saturated carbocycles. The van der Waals surface area contributed by atoms with Gasteiger partial charge in [-0.25, -0.2) is 117 Å². The zero-order valence-corrected chi connectivity index (χ0v) is 49.1. The average Bonchev–Trinajstić information content (AvgIpc) is 0.985. The summed E-state index contributed by atoms with van der Waals surface area (Å²) in [5.74, 6) is -2.29. The van der Waals surface area contributed by atoms with Crippen molar-refractivity contribution < 1.29 is 33.8 Å². The van der Waals surface area contributed by atoms with E-state index in [2.05, 4.69) is 10.6 Å². The Hall–Kier alpha value is -8.38. The van der Waals surface area contributed by atoms with Gasteiger partial charge >= 0.3 is 74.2 Å². The molecule has 12 bridgehead atoms. The number of hydrogen-bond acceptors (Lipinski definition) is 20. The van der Waals surface area contributed by atoms with Gasteiger partial charge < -0.3 is 30.0 Å². The minimum Gasteiger partial charge on any atom is -0.480 e. The fourth-order valence-electron chi connectivity index (χ4n) is 10.8. The van der Waals surface area contributed by atoms with Crippen LogP contribution in [0.4, 0.5) is 0 Å². The molecule has 2 amide bonds. The van der Waals surface area contributed by atoms with E-state index in [-0.39, 0.29) is 131 Å². The molecule has 0 spiro atoms. The van der Waals surface area contributed by atoms with E-state index in [1.54, 1.807) is 9.80 Å². The first-order valence-corrected chi connectivity index (χ1v) is 29.6. The summed E-state index contributed by atoms with van der Waals surface area (Å²) in [4.78, 5) is 209. The van der Waals surface area contributed by atoms with E-state index in [9.17, 15) is 76.7 Å². The second kappa shape index (κ2) is 32.0. The maximum Gasteiger partial charge on any atom is 0.336 e. The van der Waals surface area contributed by atoms with Crippen LogP contribution in [0, 0.1) is 0 Å². The van der Waals surface area contributed by atoms with Crippen molar-refractivity contribution in [1.82, 2.24) is 75.2 Å². The summed E-state index contributed by atoms with van der Waals surface area (Å²) in [6.45, 7) is -0.986. The highest BCUT2D eigenvalue weighted by atomic mass is 16.5. The molecule has 10 heterocycles. The van der Waals surface area contributed by atoms with Gasteiger partial charge in [0.25, 0.3) is 0 Å². The van der Waals surface area contributed by atoms with Crippen LogP contribution >= 0.6 is 0 Å². The first-order chi connectivity index (χ1) is 42.2. The van der Waals surface area contributed by atoms with Gasteiger partial charge in [-0.1, -0.05) is 0 Å². The molecule has 36 heteroatoms. The highest BCUT2D eigenvalue weighted by Crippen LogP contribution is 2.05. The van der Waals surface area contributed by atoms with Crippen molar-refractivity contribution in [3.63, 3.8) is 0 Å². The molecule has 6 aliphatic rings. The van der Waals surface area contributed by atoms with Gasteiger partial charge in [0.15, 0.2) is 7.85 Å². The summed E-state index contributed by atoms with van der Waals surface area (Å²) < 4.78 is 22.3. The molecule has 4 aromatic heterocycles. The lowest BCUT2D eigenvalue weighted by molar-refractivity contribution is -0.143. The van der Waals surface area contributed by atoms with E-state index >= 15 is 0 Å². The smallest absolute Gasteiger partial charge is 0.336 e. The van der Waals surface area contributed by atoms with Crippen LogP contribution < -0.4 is 78.9 Å². The van der Waals surface area contributed by atoms with E-state index in [1.165, 1.54) is 0 Å². The Morgan fingerprint density at radius 1 is 0.307 bits per heavy atom. The number of nitrogens with one attached hydrogen (secondary N) is 2. The Morgan fingerprint density at radius 3 is 0.716 bits per heavy atom. The molecule has 0 aliphatic carbocycles. The third-order valence-electron chi connectivity index (χ3n) is 15.6. The Labute approximate surface area is 499 Å². The molecule has 0 fully saturated rings. The van der Waals surface area contributed by atoms with Gasteiger partial charge in [-0.2, -0.15) is 0 Å². The largest absolute Gasteiger partial charge is 0.480 e. The monoisotopic (exact) mass is 1240 g/mol. The lowest BCUT2D eigenvalue weighted by Gasteiger charge is -2.24. The van der Waals surface area contributed by atoms with Gasteiger partial charge in [-0.15, -0.1) is 0 Å². The summed E-state index contributed by atoms with van der Waals surface area (Å²) >= 11 is 0. The number of carbonyl (C=O) groups is 4. The minimum atomic E-state index is -1.22. The molecule has 0 unspecified atom stereocenters. The van der Waals surface area contributed by atoms with Crippen LogP contribution in [-0.2, 0) is 107 Å². The Kier molecular flexibility index (Phi) is 24.4. The van der Waals surface area contributed by atoms with Crippen molar-refractivity contribution in [2.24, 2.45) is 0 Å². The number of carboxylic acids is 1. The van der Waals surface area contributed by atoms with Gasteiger partial charge in [-0.3, -0.25) is 19.4 Å². The molecule has 6 aliphatic heterocycles. The molecule has 10 rings (SSSR count). The van der Waals surface area contributed by atoms with Gasteiger partial charge in [0.2, 0.25) is 11.8 Å². The van der Waals surface area contributed by atoms with Crippen molar-refractivity contribution in [3.05, 3.63) is 126 Å². The summed E-state index contributed by atoms with van der Waals surface area (Å²) in [5.41, 5.74) is -9.23. The number of ether oxygens (including phenoxy) is 2. The van der Waals surface area contributed by atoms with Gasteiger partial charge in [0, 0.05) is 131 Å². The minimum absolute atomic E-state index is 0.0519. The van der Waals surface area contributed by atoms with E-state index in [0.717, 1.165) is 54.8 Å². The second-order valence-corrected chi connectivity index (χ2v) is 21.7. The molecular weight excluding hydrogens is 1160 g/mol. The first kappa shape index (κ1) is 67.1. The summed E-state index contributed by atoms with van der Waals surface area (Å²) in [6, 6.07) is 0. The molecule has 4 aromatic rings. The highest BCUT2D eigenvalue weighted by Gasteiger charge is 2.24. The normalized spacial score (nSPS) is 16.5. The third kappa shape index (κ3) is 17.0. The average molecular weight is 1240 g/mol. The van der Waals surface area contributed by atoms with E-state index in [4.69, 9.17) is 22.4 Å². The van der Waals surface area contributed by atoms with Crippen LogP contribution in [0.2, 0.25) is 0 Å². The predicted molar refractivity (Wildman–Crippen MR) is 311 cm³/mol. The van der Waals surface area contributed by atoms with Gasteiger partial charge in [0.05, 0.1) is 6.61 Å². The second-order valence-electron chi connectivity index (χ2n) is 21.7. The lowest BCUT2D eigenvalue weighted by atomic mass is 10.1. The molecular formula is C52H75BN16O19. The van der Waals surface area contributed by atoms with Gasteiger partial charge in [0.1, 0.15) is 25.5 Å². The number of rotatable bonds is 14. The molecule has 0 atom stereocenters. The summed E-state index contributed by atoms with van der Waals surface area (Å²) in [6.07, 6.45) is 5.07. The Morgan fingerprint density at radius 2 is 0.511 bits per heavy atom. The Bertz CT molecular complexity index is 3320. The van der Waals surface area contributed by atoms with Crippen molar-refractivity contribution in [2.75, 3.05) is 78.8 Å². The molecule has 88 heavy (non-hydrogen) atoms. The van der Waals surface area contributed by atoms with Crippen molar-refractivity contribution in [2.45, 2.75) is 156 Å². The van der Waals surface area contributed by atoms with Crippen LogP contribution in [0.1, 0.15) is 77.0 Å². The molecule has 0 aromatic carbocycles. The number of carboxylic acid groups (broad SMARTS) is 1. The molecule has 480 valence electrons. The molecule has 0 saturated heterocycles. The maximum absolute atomic E-state index is 13.4. The number of fused-ring (bicyclic) bond motifs is 24. The SMILES string of the molecule is O=C(O)COCC(=O)NCCN1CCn2c(=O)n3c(=O)n(c2=O)CCCCCn2c(=O)n(c(=O)n(c2=O)CC1)CCCCC3.[B]C(=O)COCC(=O)NCCN1CCn2c(=O)n3c(=O)n(c2=O)CCCCCn2c(=O)n(c(=O)n(c2=O)CC1)CCCCC3. The van der Waals surface area contributed by atoms with Crippen LogP contribution in [-0.4, -0.2) is 180 Å².